The van der Waals surface area contributed by atoms with Gasteiger partial charge in [0.2, 0.25) is 5.91 Å². The van der Waals surface area contributed by atoms with Crippen LogP contribution in [0.15, 0.2) is 12.1 Å². The van der Waals surface area contributed by atoms with Crippen LogP contribution in [0.3, 0.4) is 0 Å². The van der Waals surface area contributed by atoms with Crippen molar-refractivity contribution in [1.29, 1.82) is 0 Å². The molecule has 1 rings (SSSR count). The van der Waals surface area contributed by atoms with Gasteiger partial charge in [0.1, 0.15) is 5.82 Å². The summed E-state index contributed by atoms with van der Waals surface area (Å²) < 4.78 is 0. The van der Waals surface area contributed by atoms with Crippen LogP contribution in [-0.4, -0.2) is 42.0 Å². The highest BCUT2D eigenvalue weighted by molar-refractivity contribution is 6.31. The standard InChI is InChI=1S/C14H23ClN4O/c1-5-16-13-7-6-11(15)12(18-13)8-19(4)9-14(20)17-10(2)3/h6-7,10H,5,8-9H2,1-4H3,(H,16,18)(H,17,20). The Hall–Kier alpha value is -1.33. The predicted molar refractivity (Wildman–Crippen MR) is 83.0 cm³/mol. The molecule has 0 aliphatic heterocycles. The van der Waals surface area contributed by atoms with E-state index in [1.807, 2.05) is 44.9 Å². The maximum absolute atomic E-state index is 11.7. The number of nitrogens with zero attached hydrogens (tertiary/aromatic N) is 2. The lowest BCUT2D eigenvalue weighted by Gasteiger charge is -2.18. The summed E-state index contributed by atoms with van der Waals surface area (Å²) in [6, 6.07) is 3.82. The molecule has 20 heavy (non-hydrogen) atoms. The number of anilines is 1. The summed E-state index contributed by atoms with van der Waals surface area (Å²) in [4.78, 5) is 18.0. The zero-order valence-electron chi connectivity index (χ0n) is 12.5. The molecule has 0 unspecified atom stereocenters. The molecule has 0 aromatic carbocycles. The smallest absolute Gasteiger partial charge is 0.234 e. The van der Waals surface area contributed by atoms with Crippen molar-refractivity contribution in [3.05, 3.63) is 22.8 Å². The second-order valence-corrected chi connectivity index (χ2v) is 5.46. The molecule has 1 aromatic heterocycles. The Bertz CT molecular complexity index is 451. The van der Waals surface area contributed by atoms with E-state index < -0.39 is 0 Å². The first kappa shape index (κ1) is 16.7. The average Bonchev–Trinajstić information content (AvgIpc) is 2.32. The first-order valence-corrected chi connectivity index (χ1v) is 7.17. The molecule has 0 fully saturated rings. The van der Waals surface area contributed by atoms with Gasteiger partial charge in [0.05, 0.1) is 17.3 Å². The molecule has 0 saturated carbocycles. The molecule has 5 nitrogen and oxygen atoms in total. The zero-order chi connectivity index (χ0) is 15.1. The minimum atomic E-state index is 0.00135. The number of hydrogen-bond acceptors (Lipinski definition) is 4. The summed E-state index contributed by atoms with van der Waals surface area (Å²) >= 11 is 6.14. The van der Waals surface area contributed by atoms with Crippen LogP contribution in [0.1, 0.15) is 26.5 Å². The number of pyridine rings is 1. The number of halogens is 1. The Morgan fingerprint density at radius 1 is 1.45 bits per heavy atom. The van der Waals surface area contributed by atoms with E-state index in [-0.39, 0.29) is 11.9 Å². The largest absolute Gasteiger partial charge is 0.370 e. The minimum absolute atomic E-state index is 0.00135. The molecule has 1 aromatic rings. The monoisotopic (exact) mass is 298 g/mol. The maximum Gasteiger partial charge on any atom is 0.234 e. The van der Waals surface area contributed by atoms with Gasteiger partial charge in [-0.05, 0) is 40.0 Å². The first-order chi connectivity index (χ1) is 9.42. The number of carbonyl (C=O) groups is 1. The van der Waals surface area contributed by atoms with Crippen LogP contribution in [0.5, 0.6) is 0 Å². The first-order valence-electron chi connectivity index (χ1n) is 6.79. The summed E-state index contributed by atoms with van der Waals surface area (Å²) in [6.07, 6.45) is 0. The van der Waals surface area contributed by atoms with Gasteiger partial charge in [0, 0.05) is 19.1 Å². The second-order valence-electron chi connectivity index (χ2n) is 5.05. The summed E-state index contributed by atoms with van der Waals surface area (Å²) in [5.41, 5.74) is 0.768. The maximum atomic E-state index is 11.7. The quantitative estimate of drug-likeness (QED) is 0.809. The van der Waals surface area contributed by atoms with E-state index in [9.17, 15) is 4.79 Å². The van der Waals surface area contributed by atoms with E-state index in [0.29, 0.717) is 18.1 Å². The molecular weight excluding hydrogens is 276 g/mol. The van der Waals surface area contributed by atoms with Gasteiger partial charge in [0.25, 0.3) is 0 Å². The molecule has 1 heterocycles. The van der Waals surface area contributed by atoms with Crippen LogP contribution in [0.4, 0.5) is 5.82 Å². The molecule has 0 aliphatic carbocycles. The highest BCUT2D eigenvalue weighted by Gasteiger charge is 2.11. The van der Waals surface area contributed by atoms with Crippen molar-refractivity contribution in [1.82, 2.24) is 15.2 Å². The van der Waals surface area contributed by atoms with E-state index in [1.54, 1.807) is 0 Å². The molecule has 112 valence electrons. The Labute approximate surface area is 125 Å². The number of hydrogen-bond donors (Lipinski definition) is 2. The summed E-state index contributed by atoms with van der Waals surface area (Å²) in [5, 5.41) is 6.62. The zero-order valence-corrected chi connectivity index (χ0v) is 13.3. The third kappa shape index (κ3) is 5.75. The third-order valence-electron chi connectivity index (χ3n) is 2.56. The highest BCUT2D eigenvalue weighted by Crippen LogP contribution is 2.17. The Morgan fingerprint density at radius 2 is 2.15 bits per heavy atom. The number of aromatic nitrogens is 1. The lowest BCUT2D eigenvalue weighted by Crippen LogP contribution is -2.38. The van der Waals surface area contributed by atoms with Crippen molar-refractivity contribution in [3.8, 4) is 0 Å². The molecule has 0 bridgehead atoms. The number of amides is 1. The van der Waals surface area contributed by atoms with Crippen LogP contribution in [0.25, 0.3) is 0 Å². The third-order valence-corrected chi connectivity index (χ3v) is 2.90. The molecule has 0 spiro atoms. The number of rotatable bonds is 7. The topological polar surface area (TPSA) is 57.3 Å². The van der Waals surface area contributed by atoms with Crippen molar-refractivity contribution >= 4 is 23.3 Å². The number of carbonyl (C=O) groups excluding carboxylic acids is 1. The summed E-state index contributed by atoms with van der Waals surface area (Å²) in [6.45, 7) is 7.55. The average molecular weight is 299 g/mol. The van der Waals surface area contributed by atoms with Crippen LogP contribution in [0.2, 0.25) is 5.02 Å². The molecule has 1 amide bonds. The molecule has 0 atom stereocenters. The normalized spacial score (nSPS) is 10.9. The Balaban J connectivity index is 2.62. The molecular formula is C14H23ClN4O. The van der Waals surface area contributed by atoms with Gasteiger partial charge in [-0.1, -0.05) is 11.6 Å². The summed E-state index contributed by atoms with van der Waals surface area (Å²) in [7, 11) is 1.87. The van der Waals surface area contributed by atoms with Crippen LogP contribution in [-0.2, 0) is 11.3 Å². The molecule has 2 N–H and O–H groups in total. The van der Waals surface area contributed by atoms with Gasteiger partial charge < -0.3 is 10.6 Å². The van der Waals surface area contributed by atoms with Crippen molar-refractivity contribution in [2.45, 2.75) is 33.4 Å². The van der Waals surface area contributed by atoms with Crippen molar-refractivity contribution in [2.75, 3.05) is 25.5 Å². The van der Waals surface area contributed by atoms with Crippen molar-refractivity contribution in [3.63, 3.8) is 0 Å². The molecule has 0 radical (unpaired) electrons. The van der Waals surface area contributed by atoms with Gasteiger partial charge in [-0.15, -0.1) is 0 Å². The van der Waals surface area contributed by atoms with Gasteiger partial charge in [0.15, 0.2) is 0 Å². The minimum Gasteiger partial charge on any atom is -0.370 e. The van der Waals surface area contributed by atoms with Crippen LogP contribution < -0.4 is 10.6 Å². The van der Waals surface area contributed by atoms with Gasteiger partial charge >= 0.3 is 0 Å². The highest BCUT2D eigenvalue weighted by atomic mass is 35.5. The predicted octanol–water partition coefficient (Wildman–Crippen LogP) is 2.12. The lowest BCUT2D eigenvalue weighted by atomic mass is 10.3. The molecule has 0 aliphatic rings. The number of nitrogens with one attached hydrogen (secondary N) is 2. The van der Waals surface area contributed by atoms with Gasteiger partial charge in [-0.3, -0.25) is 9.69 Å². The van der Waals surface area contributed by atoms with E-state index in [2.05, 4.69) is 15.6 Å². The fourth-order valence-corrected chi connectivity index (χ4v) is 1.96. The summed E-state index contributed by atoms with van der Waals surface area (Å²) in [5.74, 6) is 0.799. The van der Waals surface area contributed by atoms with Gasteiger partial charge in [-0.25, -0.2) is 4.98 Å². The molecule has 0 saturated heterocycles. The Kier molecular flexibility index (Phi) is 6.75. The fraction of sp³-hybridized carbons (Fsp3) is 0.571. The van der Waals surface area contributed by atoms with Crippen molar-refractivity contribution < 1.29 is 4.79 Å². The SMILES string of the molecule is CCNc1ccc(Cl)c(CN(C)CC(=O)NC(C)C)n1. The van der Waals surface area contributed by atoms with Crippen LogP contribution >= 0.6 is 11.6 Å². The van der Waals surface area contributed by atoms with E-state index in [4.69, 9.17) is 11.6 Å². The van der Waals surface area contributed by atoms with E-state index in [0.717, 1.165) is 18.1 Å². The van der Waals surface area contributed by atoms with Gasteiger partial charge in [-0.2, -0.15) is 0 Å². The number of likely N-dealkylation sites (N-methyl/N-ethyl adjacent to an activating group) is 1. The second kappa shape index (κ2) is 8.07. The molecule has 6 heteroatoms. The van der Waals surface area contributed by atoms with Crippen molar-refractivity contribution in [2.24, 2.45) is 0 Å². The van der Waals surface area contributed by atoms with E-state index >= 15 is 0 Å². The fourth-order valence-electron chi connectivity index (χ4n) is 1.80. The lowest BCUT2D eigenvalue weighted by molar-refractivity contribution is -0.122. The van der Waals surface area contributed by atoms with Crippen LogP contribution in [0, 0.1) is 0 Å². The van der Waals surface area contributed by atoms with E-state index in [1.165, 1.54) is 0 Å². The Morgan fingerprint density at radius 3 is 2.75 bits per heavy atom.